The van der Waals surface area contributed by atoms with Crippen molar-refractivity contribution in [3.05, 3.63) is 65.1 Å². The number of hydrogen-bond acceptors (Lipinski definition) is 3. The number of fused-ring (bicyclic) bond motifs is 1. The van der Waals surface area contributed by atoms with Crippen LogP contribution in [0.2, 0.25) is 5.02 Å². The molecular weight excluding hydrogens is 262 g/mol. The molecule has 0 spiro atoms. The monoisotopic (exact) mass is 271 g/mol. The number of imidazole rings is 1. The highest BCUT2D eigenvalue weighted by atomic mass is 35.5. The van der Waals surface area contributed by atoms with E-state index in [1.165, 1.54) is 0 Å². The Morgan fingerprint density at radius 2 is 2.11 bits per heavy atom. The molecule has 0 saturated heterocycles. The van der Waals surface area contributed by atoms with Crippen LogP contribution in [0.5, 0.6) is 0 Å². The first-order valence-corrected chi connectivity index (χ1v) is 6.06. The molecule has 0 atom stereocenters. The second-order valence-electron chi connectivity index (χ2n) is 4.16. The van der Waals surface area contributed by atoms with Crippen molar-refractivity contribution >= 4 is 28.7 Å². The molecule has 94 valence electrons. The lowest BCUT2D eigenvalue weighted by molar-refractivity contribution is 0.103. The van der Waals surface area contributed by atoms with Crippen LogP contribution in [0.4, 0.5) is 5.69 Å². The fraction of sp³-hybridized carbons (Fsp3) is 0. The van der Waals surface area contributed by atoms with E-state index in [1.807, 2.05) is 24.4 Å². The molecule has 2 heterocycles. The van der Waals surface area contributed by atoms with Crippen molar-refractivity contribution < 1.29 is 4.79 Å². The number of rotatable bonds is 2. The maximum atomic E-state index is 12.4. The second kappa shape index (κ2) is 4.40. The van der Waals surface area contributed by atoms with Crippen LogP contribution in [0.3, 0.4) is 0 Å². The van der Waals surface area contributed by atoms with Crippen molar-refractivity contribution in [2.24, 2.45) is 0 Å². The predicted molar refractivity (Wildman–Crippen MR) is 74.5 cm³/mol. The molecule has 0 aliphatic carbocycles. The number of ketones is 1. The fourth-order valence-corrected chi connectivity index (χ4v) is 2.10. The van der Waals surface area contributed by atoms with Gasteiger partial charge in [0.05, 0.1) is 5.02 Å². The van der Waals surface area contributed by atoms with E-state index in [2.05, 4.69) is 4.98 Å². The maximum Gasteiger partial charge on any atom is 0.214 e. The number of pyridine rings is 1. The zero-order chi connectivity index (χ0) is 13.4. The predicted octanol–water partition coefficient (Wildman–Crippen LogP) is 2.80. The highest BCUT2D eigenvalue weighted by Crippen LogP contribution is 2.22. The molecule has 2 aromatic heterocycles. The number of nitrogen functional groups attached to an aromatic ring is 1. The van der Waals surface area contributed by atoms with E-state index in [0.29, 0.717) is 27.6 Å². The number of anilines is 1. The molecule has 3 rings (SSSR count). The normalized spacial score (nSPS) is 10.8. The standard InChI is InChI=1S/C14H10ClN3O/c15-11-5-4-9(16)7-10(11)14(19)12-8-18-6-2-1-3-13(18)17-12/h1-8H,16H2. The van der Waals surface area contributed by atoms with Crippen molar-refractivity contribution in [3.8, 4) is 0 Å². The zero-order valence-electron chi connectivity index (χ0n) is 9.88. The van der Waals surface area contributed by atoms with Gasteiger partial charge in [0.1, 0.15) is 11.3 Å². The molecule has 4 nitrogen and oxygen atoms in total. The summed E-state index contributed by atoms with van der Waals surface area (Å²) >= 11 is 6.03. The van der Waals surface area contributed by atoms with Gasteiger partial charge in [-0.15, -0.1) is 0 Å². The molecule has 19 heavy (non-hydrogen) atoms. The topological polar surface area (TPSA) is 60.4 Å². The molecular formula is C14H10ClN3O. The minimum atomic E-state index is -0.235. The Hall–Kier alpha value is -2.33. The third kappa shape index (κ3) is 2.06. The molecule has 0 radical (unpaired) electrons. The van der Waals surface area contributed by atoms with E-state index in [9.17, 15) is 4.79 Å². The molecule has 3 aromatic rings. The fourth-order valence-electron chi connectivity index (χ4n) is 1.90. The van der Waals surface area contributed by atoms with Gasteiger partial charge in [-0.3, -0.25) is 4.79 Å². The molecule has 0 saturated carbocycles. The highest BCUT2D eigenvalue weighted by Gasteiger charge is 2.16. The number of nitrogens with two attached hydrogens (primary N) is 1. The van der Waals surface area contributed by atoms with Gasteiger partial charge in [0, 0.05) is 23.6 Å². The van der Waals surface area contributed by atoms with Crippen molar-refractivity contribution in [1.82, 2.24) is 9.38 Å². The lowest BCUT2D eigenvalue weighted by Crippen LogP contribution is -2.03. The summed E-state index contributed by atoms with van der Waals surface area (Å²) in [5.74, 6) is -0.235. The summed E-state index contributed by atoms with van der Waals surface area (Å²) in [4.78, 5) is 16.6. The summed E-state index contributed by atoms with van der Waals surface area (Å²) < 4.78 is 1.79. The maximum absolute atomic E-state index is 12.4. The lowest BCUT2D eigenvalue weighted by atomic mass is 10.1. The molecule has 0 amide bonds. The number of halogens is 1. The third-order valence-electron chi connectivity index (χ3n) is 2.83. The zero-order valence-corrected chi connectivity index (χ0v) is 10.6. The minimum absolute atomic E-state index is 0.235. The van der Waals surface area contributed by atoms with Gasteiger partial charge >= 0.3 is 0 Å². The number of hydrogen-bond donors (Lipinski definition) is 1. The van der Waals surface area contributed by atoms with Crippen LogP contribution < -0.4 is 5.73 Å². The smallest absolute Gasteiger partial charge is 0.214 e. The summed E-state index contributed by atoms with van der Waals surface area (Å²) in [6.45, 7) is 0. The van der Waals surface area contributed by atoms with Crippen LogP contribution in [0.15, 0.2) is 48.8 Å². The largest absolute Gasteiger partial charge is 0.399 e. The Bertz CT molecular complexity index is 746. The van der Waals surface area contributed by atoms with E-state index >= 15 is 0 Å². The van der Waals surface area contributed by atoms with Gasteiger partial charge in [0.2, 0.25) is 5.78 Å². The molecule has 2 N–H and O–H groups in total. The first-order chi connectivity index (χ1) is 9.15. The van der Waals surface area contributed by atoms with Crippen molar-refractivity contribution in [3.63, 3.8) is 0 Å². The van der Waals surface area contributed by atoms with Crippen LogP contribution >= 0.6 is 11.6 Å². The first-order valence-electron chi connectivity index (χ1n) is 5.68. The molecule has 1 aromatic carbocycles. The molecule has 0 aliphatic rings. The minimum Gasteiger partial charge on any atom is -0.399 e. The number of carbonyl (C=O) groups is 1. The van der Waals surface area contributed by atoms with Crippen molar-refractivity contribution in [1.29, 1.82) is 0 Å². The Balaban J connectivity index is 2.10. The quantitative estimate of drug-likeness (QED) is 0.576. The van der Waals surface area contributed by atoms with E-state index in [0.717, 1.165) is 0 Å². The Kier molecular flexibility index (Phi) is 2.72. The third-order valence-corrected chi connectivity index (χ3v) is 3.16. The molecule has 5 heteroatoms. The van der Waals surface area contributed by atoms with Gasteiger partial charge in [-0.05, 0) is 30.3 Å². The lowest BCUT2D eigenvalue weighted by Gasteiger charge is -2.02. The number of carbonyl (C=O) groups excluding carboxylic acids is 1. The van der Waals surface area contributed by atoms with Crippen LogP contribution in [0.25, 0.3) is 5.65 Å². The molecule has 0 bridgehead atoms. The van der Waals surface area contributed by atoms with Gasteiger partial charge in [0.15, 0.2) is 0 Å². The van der Waals surface area contributed by atoms with Gasteiger partial charge in [0.25, 0.3) is 0 Å². The van der Waals surface area contributed by atoms with E-state index in [-0.39, 0.29) is 5.78 Å². The summed E-state index contributed by atoms with van der Waals surface area (Å²) in [6, 6.07) is 10.4. The van der Waals surface area contributed by atoms with E-state index in [4.69, 9.17) is 17.3 Å². The summed E-state index contributed by atoms with van der Waals surface area (Å²) in [7, 11) is 0. The molecule has 0 fully saturated rings. The van der Waals surface area contributed by atoms with Crippen LogP contribution in [0, 0.1) is 0 Å². The SMILES string of the molecule is Nc1ccc(Cl)c(C(=O)c2cn3ccccc3n2)c1. The van der Waals surface area contributed by atoms with Crippen molar-refractivity contribution in [2.45, 2.75) is 0 Å². The summed E-state index contributed by atoms with van der Waals surface area (Å²) in [6.07, 6.45) is 3.51. The number of nitrogens with zero attached hydrogens (tertiary/aromatic N) is 2. The van der Waals surface area contributed by atoms with Crippen LogP contribution in [-0.4, -0.2) is 15.2 Å². The van der Waals surface area contributed by atoms with Gasteiger partial charge in [-0.2, -0.15) is 0 Å². The van der Waals surface area contributed by atoms with Gasteiger partial charge in [-0.25, -0.2) is 4.98 Å². The Morgan fingerprint density at radius 1 is 1.26 bits per heavy atom. The molecule has 0 aliphatic heterocycles. The Morgan fingerprint density at radius 3 is 2.89 bits per heavy atom. The average molecular weight is 272 g/mol. The van der Waals surface area contributed by atoms with Crippen LogP contribution in [0.1, 0.15) is 16.1 Å². The van der Waals surface area contributed by atoms with Gasteiger partial charge in [-0.1, -0.05) is 17.7 Å². The number of benzene rings is 1. The van der Waals surface area contributed by atoms with Crippen LogP contribution in [-0.2, 0) is 0 Å². The van der Waals surface area contributed by atoms with E-state index < -0.39 is 0 Å². The Labute approximate surface area is 114 Å². The number of aromatic nitrogens is 2. The average Bonchev–Trinajstić information content (AvgIpc) is 2.84. The van der Waals surface area contributed by atoms with Gasteiger partial charge < -0.3 is 10.1 Å². The summed E-state index contributed by atoms with van der Waals surface area (Å²) in [5, 5.41) is 0.372. The second-order valence-corrected chi connectivity index (χ2v) is 4.57. The van der Waals surface area contributed by atoms with E-state index in [1.54, 1.807) is 28.8 Å². The highest BCUT2D eigenvalue weighted by molar-refractivity contribution is 6.35. The summed E-state index contributed by atoms with van der Waals surface area (Å²) in [5.41, 5.74) is 7.60. The molecule has 0 unspecified atom stereocenters. The van der Waals surface area contributed by atoms with Crippen molar-refractivity contribution in [2.75, 3.05) is 5.73 Å². The first kappa shape index (κ1) is 11.7.